The van der Waals surface area contributed by atoms with E-state index in [-0.39, 0.29) is 11.7 Å². The molecule has 13 heavy (non-hydrogen) atoms. The summed E-state index contributed by atoms with van der Waals surface area (Å²) in [5, 5.41) is 2.31. The van der Waals surface area contributed by atoms with Gasteiger partial charge in [-0.25, -0.2) is 4.79 Å². The van der Waals surface area contributed by atoms with Crippen molar-refractivity contribution in [3.63, 3.8) is 0 Å². The SMILES string of the molecule is CC(CCN)SCC(=O)NC(N)=O. The highest BCUT2D eigenvalue weighted by atomic mass is 32.2. The fraction of sp³-hybridized carbons (Fsp3) is 0.714. The van der Waals surface area contributed by atoms with Crippen LogP contribution in [0.2, 0.25) is 0 Å². The van der Waals surface area contributed by atoms with E-state index in [4.69, 9.17) is 11.5 Å². The van der Waals surface area contributed by atoms with Crippen LogP contribution in [0.15, 0.2) is 0 Å². The lowest BCUT2D eigenvalue weighted by Gasteiger charge is -2.08. The van der Waals surface area contributed by atoms with Crippen LogP contribution < -0.4 is 16.8 Å². The molecule has 1 unspecified atom stereocenters. The summed E-state index contributed by atoms with van der Waals surface area (Å²) in [6, 6.07) is -0.808. The first-order chi connectivity index (χ1) is 6.06. The van der Waals surface area contributed by atoms with Crippen LogP contribution in [0.3, 0.4) is 0 Å². The van der Waals surface area contributed by atoms with Gasteiger partial charge in [0.2, 0.25) is 5.91 Å². The Bertz CT molecular complexity index is 187. The highest BCUT2D eigenvalue weighted by molar-refractivity contribution is 8.00. The van der Waals surface area contributed by atoms with Gasteiger partial charge in [-0.05, 0) is 13.0 Å². The molecule has 0 aromatic rings. The monoisotopic (exact) mass is 205 g/mol. The Kier molecular flexibility index (Phi) is 6.34. The van der Waals surface area contributed by atoms with Crippen molar-refractivity contribution in [1.29, 1.82) is 0 Å². The van der Waals surface area contributed by atoms with Crippen LogP contribution in [-0.4, -0.2) is 29.5 Å². The van der Waals surface area contributed by atoms with Crippen LogP contribution in [0, 0.1) is 0 Å². The van der Waals surface area contributed by atoms with E-state index < -0.39 is 6.03 Å². The molecule has 0 fully saturated rings. The van der Waals surface area contributed by atoms with Crippen LogP contribution in [0.1, 0.15) is 13.3 Å². The summed E-state index contributed by atoms with van der Waals surface area (Å²) in [4.78, 5) is 21.1. The van der Waals surface area contributed by atoms with Gasteiger partial charge in [-0.2, -0.15) is 0 Å². The summed E-state index contributed by atoms with van der Waals surface area (Å²) < 4.78 is 0. The van der Waals surface area contributed by atoms with E-state index in [1.54, 1.807) is 0 Å². The summed E-state index contributed by atoms with van der Waals surface area (Å²) in [6.45, 7) is 2.58. The highest BCUT2D eigenvalue weighted by Gasteiger charge is 2.07. The van der Waals surface area contributed by atoms with E-state index in [0.29, 0.717) is 11.8 Å². The van der Waals surface area contributed by atoms with Gasteiger partial charge in [0.25, 0.3) is 0 Å². The Morgan fingerprint density at radius 2 is 2.15 bits per heavy atom. The number of nitrogens with one attached hydrogen (secondary N) is 1. The topological polar surface area (TPSA) is 98.2 Å². The average molecular weight is 205 g/mol. The Morgan fingerprint density at radius 3 is 2.62 bits per heavy atom. The molecule has 0 aromatic heterocycles. The van der Waals surface area contributed by atoms with Crippen molar-refractivity contribution in [3.8, 4) is 0 Å². The third-order valence-corrected chi connectivity index (χ3v) is 2.57. The fourth-order valence-corrected chi connectivity index (χ4v) is 1.52. The van der Waals surface area contributed by atoms with E-state index in [2.05, 4.69) is 0 Å². The molecule has 0 aliphatic carbocycles. The standard InChI is InChI=1S/C7H15N3O2S/c1-5(2-3-8)13-4-6(11)10-7(9)12/h5H,2-4,8H2,1H3,(H3,9,10,11,12). The van der Waals surface area contributed by atoms with Crippen molar-refractivity contribution in [3.05, 3.63) is 0 Å². The number of carbonyl (C=O) groups is 2. The lowest BCUT2D eigenvalue weighted by Crippen LogP contribution is -2.36. The molecule has 1 atom stereocenters. The van der Waals surface area contributed by atoms with Gasteiger partial charge in [-0.3, -0.25) is 10.1 Å². The Hall–Kier alpha value is -0.750. The van der Waals surface area contributed by atoms with Gasteiger partial charge in [0.15, 0.2) is 0 Å². The number of primary amides is 1. The molecule has 0 saturated carbocycles. The largest absolute Gasteiger partial charge is 0.351 e. The van der Waals surface area contributed by atoms with Crippen molar-refractivity contribution in [2.24, 2.45) is 11.5 Å². The molecule has 0 radical (unpaired) electrons. The van der Waals surface area contributed by atoms with Gasteiger partial charge in [0.1, 0.15) is 0 Å². The maximum atomic E-state index is 10.9. The fourth-order valence-electron chi connectivity index (χ4n) is 0.709. The summed E-state index contributed by atoms with van der Waals surface area (Å²) in [6.07, 6.45) is 0.856. The van der Waals surface area contributed by atoms with Crippen molar-refractivity contribution >= 4 is 23.7 Å². The van der Waals surface area contributed by atoms with Crippen LogP contribution in [0.5, 0.6) is 0 Å². The molecule has 0 aromatic carbocycles. The van der Waals surface area contributed by atoms with E-state index in [1.165, 1.54) is 11.8 Å². The van der Waals surface area contributed by atoms with Gasteiger partial charge < -0.3 is 11.5 Å². The summed E-state index contributed by atoms with van der Waals surface area (Å²) >= 11 is 1.45. The zero-order valence-corrected chi connectivity index (χ0v) is 8.39. The van der Waals surface area contributed by atoms with Gasteiger partial charge >= 0.3 is 6.03 Å². The predicted octanol–water partition coefficient (Wildman–Crippen LogP) is -0.348. The predicted molar refractivity (Wildman–Crippen MR) is 53.3 cm³/mol. The number of nitrogens with two attached hydrogens (primary N) is 2. The number of hydrogen-bond donors (Lipinski definition) is 3. The van der Waals surface area contributed by atoms with E-state index in [0.717, 1.165) is 6.42 Å². The Morgan fingerprint density at radius 1 is 1.54 bits per heavy atom. The van der Waals surface area contributed by atoms with Crippen LogP contribution in [0.25, 0.3) is 0 Å². The zero-order valence-electron chi connectivity index (χ0n) is 7.58. The minimum absolute atomic E-state index is 0.240. The van der Waals surface area contributed by atoms with Crippen molar-refractivity contribution < 1.29 is 9.59 Å². The first-order valence-electron chi connectivity index (χ1n) is 3.97. The molecule has 0 saturated heterocycles. The molecular weight excluding hydrogens is 190 g/mol. The Labute approximate surface area is 81.6 Å². The zero-order chi connectivity index (χ0) is 10.3. The second kappa shape index (κ2) is 6.73. The maximum Gasteiger partial charge on any atom is 0.318 e. The second-order valence-corrected chi connectivity index (χ2v) is 4.04. The molecular formula is C7H15N3O2S. The number of hydrogen-bond acceptors (Lipinski definition) is 4. The number of urea groups is 1. The third kappa shape index (κ3) is 7.61. The summed E-state index contributed by atoms with van der Waals surface area (Å²) in [5.74, 6) is -0.120. The molecule has 0 rings (SSSR count). The number of amides is 3. The number of thioether (sulfide) groups is 1. The molecule has 0 spiro atoms. The van der Waals surface area contributed by atoms with E-state index in [9.17, 15) is 9.59 Å². The third-order valence-electron chi connectivity index (χ3n) is 1.33. The van der Waals surface area contributed by atoms with Gasteiger partial charge in [0.05, 0.1) is 5.75 Å². The first kappa shape index (κ1) is 12.2. The minimum atomic E-state index is -0.808. The Balaban J connectivity index is 3.51. The lowest BCUT2D eigenvalue weighted by atomic mass is 10.3. The van der Waals surface area contributed by atoms with Crippen LogP contribution in [-0.2, 0) is 4.79 Å². The number of rotatable bonds is 5. The highest BCUT2D eigenvalue weighted by Crippen LogP contribution is 2.12. The van der Waals surface area contributed by atoms with Gasteiger partial charge in [0, 0.05) is 5.25 Å². The molecule has 0 aliphatic heterocycles. The molecule has 5 N–H and O–H groups in total. The van der Waals surface area contributed by atoms with E-state index >= 15 is 0 Å². The van der Waals surface area contributed by atoms with Crippen molar-refractivity contribution in [2.75, 3.05) is 12.3 Å². The summed E-state index contributed by atoms with van der Waals surface area (Å²) in [7, 11) is 0. The van der Waals surface area contributed by atoms with Gasteiger partial charge in [-0.15, -0.1) is 11.8 Å². The minimum Gasteiger partial charge on any atom is -0.351 e. The normalized spacial score (nSPS) is 12.2. The smallest absolute Gasteiger partial charge is 0.318 e. The van der Waals surface area contributed by atoms with Gasteiger partial charge in [-0.1, -0.05) is 6.92 Å². The quantitative estimate of drug-likeness (QED) is 0.571. The molecule has 0 aliphatic rings. The second-order valence-electron chi connectivity index (χ2n) is 2.61. The maximum absolute atomic E-state index is 10.9. The molecule has 76 valence electrons. The molecule has 0 heterocycles. The lowest BCUT2D eigenvalue weighted by molar-refractivity contribution is -0.117. The van der Waals surface area contributed by atoms with Crippen molar-refractivity contribution in [2.45, 2.75) is 18.6 Å². The number of imide groups is 1. The molecule has 5 nitrogen and oxygen atoms in total. The number of carbonyl (C=O) groups excluding carboxylic acids is 2. The molecule has 3 amide bonds. The summed E-state index contributed by atoms with van der Waals surface area (Å²) in [5.41, 5.74) is 10.1. The first-order valence-corrected chi connectivity index (χ1v) is 5.02. The van der Waals surface area contributed by atoms with Crippen LogP contribution in [0.4, 0.5) is 4.79 Å². The molecule has 0 bridgehead atoms. The van der Waals surface area contributed by atoms with Crippen LogP contribution >= 0.6 is 11.8 Å². The average Bonchev–Trinajstić information content (AvgIpc) is 2.00. The van der Waals surface area contributed by atoms with Crippen molar-refractivity contribution in [1.82, 2.24) is 5.32 Å². The van der Waals surface area contributed by atoms with E-state index in [1.807, 2.05) is 12.2 Å². The molecule has 6 heteroatoms.